The van der Waals surface area contributed by atoms with E-state index in [2.05, 4.69) is 22.8 Å². The Bertz CT molecular complexity index is 311. The van der Waals surface area contributed by atoms with Gasteiger partial charge in [-0.05, 0) is 31.2 Å². The van der Waals surface area contributed by atoms with E-state index in [1.54, 1.807) is 0 Å². The second kappa shape index (κ2) is 14.9. The van der Waals surface area contributed by atoms with Crippen LogP contribution in [0.3, 0.4) is 0 Å². The quantitative estimate of drug-likeness (QED) is 0.332. The van der Waals surface area contributed by atoms with Gasteiger partial charge in [0, 0.05) is 18.5 Å². The van der Waals surface area contributed by atoms with E-state index in [1.165, 1.54) is 5.56 Å². The molecule has 0 bridgehead atoms. The Hall–Kier alpha value is -0.520. The lowest BCUT2D eigenvalue weighted by Crippen LogP contribution is -3.00. The predicted molar refractivity (Wildman–Crippen MR) is 74.1 cm³/mol. The smallest absolute Gasteiger partial charge is 0.156 e. The molecule has 0 aliphatic heterocycles. The van der Waals surface area contributed by atoms with Crippen LogP contribution in [0.5, 0.6) is 5.75 Å². The summed E-state index contributed by atoms with van der Waals surface area (Å²) in [5, 5.41) is 12.5. The number of benzene rings is 1. The minimum Gasteiger partial charge on any atom is -1.00 e. The van der Waals surface area contributed by atoms with E-state index in [0.717, 1.165) is 45.0 Å². The van der Waals surface area contributed by atoms with Crippen molar-refractivity contribution in [2.75, 3.05) is 32.8 Å². The molecule has 0 heterocycles. The number of nitrogens with one attached hydrogen (secondary N) is 1. The molecule has 0 aromatic heterocycles. The highest BCUT2D eigenvalue weighted by molar-refractivity contribution is 5.26. The lowest BCUT2D eigenvalue weighted by Gasteiger charge is -2.05. The summed E-state index contributed by atoms with van der Waals surface area (Å²) in [5.41, 5.74) is 1.33. The van der Waals surface area contributed by atoms with Gasteiger partial charge in [0.25, 0.3) is 0 Å². The van der Waals surface area contributed by atoms with E-state index in [-0.39, 0.29) is 24.8 Å². The number of nitrogens with two attached hydrogens (primary N) is 1. The molecule has 0 spiro atoms. The molecule has 0 aliphatic carbocycles. The second-order valence-electron chi connectivity index (χ2n) is 4.21. The van der Waals surface area contributed by atoms with Crippen molar-refractivity contribution in [1.29, 1.82) is 0 Å². The Labute approximate surface area is 134 Å². The van der Waals surface area contributed by atoms with E-state index in [0.29, 0.717) is 6.61 Å². The van der Waals surface area contributed by atoms with Crippen molar-refractivity contribution < 1.29 is 40.0 Å². The normalized spacial score (nSPS) is 9.50. The molecule has 20 heavy (non-hydrogen) atoms. The molecule has 0 saturated carbocycles. The topological polar surface area (TPSA) is 60.8 Å². The molecule has 1 aromatic rings. The lowest BCUT2D eigenvalue weighted by atomic mass is 10.2. The van der Waals surface area contributed by atoms with Crippen LogP contribution in [-0.2, 0) is 6.54 Å². The largest absolute Gasteiger partial charge is 1.00 e. The van der Waals surface area contributed by atoms with Crippen molar-refractivity contribution >= 4 is 0 Å². The Kier molecular flexibility index (Phi) is 16.2. The van der Waals surface area contributed by atoms with Gasteiger partial charge in [0.15, 0.2) is 6.61 Å². The maximum Gasteiger partial charge on any atom is 0.156 e. The molecule has 0 radical (unpaired) electrons. The van der Waals surface area contributed by atoms with E-state index in [1.807, 2.05) is 19.1 Å². The Morgan fingerprint density at radius 3 is 2.45 bits per heavy atom. The summed E-state index contributed by atoms with van der Waals surface area (Å²) in [7, 11) is 0. The summed E-state index contributed by atoms with van der Waals surface area (Å²) in [6, 6.07) is 8.31. The zero-order chi connectivity index (χ0) is 13.1. The first kappa shape index (κ1) is 21.8. The summed E-state index contributed by atoms with van der Waals surface area (Å²) in [4.78, 5) is 0. The van der Waals surface area contributed by atoms with Gasteiger partial charge in [0.1, 0.15) is 12.3 Å². The summed E-state index contributed by atoms with van der Waals surface area (Å²) < 4.78 is 5.41. The van der Waals surface area contributed by atoms with Gasteiger partial charge < -0.3 is 45.3 Å². The molecule has 118 valence electrons. The summed E-state index contributed by atoms with van der Waals surface area (Å²) >= 11 is 0. The van der Waals surface area contributed by atoms with E-state index in [9.17, 15) is 0 Å². The van der Waals surface area contributed by atoms with Crippen molar-refractivity contribution in [2.45, 2.75) is 19.9 Å². The number of halogens is 2. The number of hydrogen-bond donors (Lipinski definition) is 2. The molecule has 6 heteroatoms. The van der Waals surface area contributed by atoms with Crippen LogP contribution in [0.15, 0.2) is 24.3 Å². The van der Waals surface area contributed by atoms with Crippen LogP contribution in [0.25, 0.3) is 0 Å². The van der Waals surface area contributed by atoms with Crippen LogP contribution in [0, 0.1) is 0 Å². The van der Waals surface area contributed by atoms with Crippen LogP contribution in [0.2, 0.25) is 0 Å². The van der Waals surface area contributed by atoms with Gasteiger partial charge in [-0.1, -0.05) is 0 Å². The lowest BCUT2D eigenvalue weighted by molar-refractivity contribution is -0.670. The highest BCUT2D eigenvalue weighted by Gasteiger charge is 1.97. The van der Waals surface area contributed by atoms with Crippen LogP contribution >= 0.6 is 0 Å². The molecule has 4 nitrogen and oxygen atoms in total. The van der Waals surface area contributed by atoms with Gasteiger partial charge >= 0.3 is 0 Å². The van der Waals surface area contributed by atoms with Crippen molar-refractivity contribution in [2.24, 2.45) is 0 Å². The number of hydrogen-bond acceptors (Lipinski definition) is 2. The maximum atomic E-state index is 7.00. The first-order valence-electron chi connectivity index (χ1n) is 6.75. The van der Waals surface area contributed by atoms with Crippen molar-refractivity contribution in [3.05, 3.63) is 29.8 Å². The molecule has 1 rings (SSSR count). The average Bonchev–Trinajstić information content (AvgIpc) is 2.40. The third-order valence-electron chi connectivity index (χ3n) is 2.68. The summed E-state index contributed by atoms with van der Waals surface area (Å²) in [6.45, 7) is 7.14. The van der Waals surface area contributed by atoms with Crippen LogP contribution in [0.1, 0.15) is 18.9 Å². The molecule has 0 saturated heterocycles. The molecule has 0 aliphatic rings. The Balaban J connectivity index is 0. The minimum absolute atomic E-state index is 0. The first-order valence-corrected chi connectivity index (χ1v) is 6.75. The molecule has 0 unspecified atom stereocenters. The standard InChI is InChI=1S/C14H24N2O2.2ClH/c1-2-18-14-6-4-13(5-7-14)12-16-9-3-8-15-10-11-17;;/h4-7,15-17H,2-3,8-12H2,1H3;2*1H. The maximum absolute atomic E-state index is 7.00. The highest BCUT2D eigenvalue weighted by Crippen LogP contribution is 2.10. The third kappa shape index (κ3) is 10.3. The molecular formula is C14H26Cl2N2O2. The number of ether oxygens (including phenoxy) is 1. The average molecular weight is 325 g/mol. The van der Waals surface area contributed by atoms with Crippen LogP contribution < -0.4 is 40.2 Å². The van der Waals surface area contributed by atoms with Gasteiger partial charge in [0.2, 0.25) is 0 Å². The van der Waals surface area contributed by atoms with E-state index >= 15 is 0 Å². The molecule has 0 atom stereocenters. The SMILES string of the molecule is CCOc1ccc(C[NH2+]CCCNCC[OH2+])cc1.[Cl-].[Cl-]. The number of rotatable bonds is 10. The fraction of sp³-hybridized carbons (Fsp3) is 0.571. The molecule has 5 N–H and O–H groups in total. The monoisotopic (exact) mass is 324 g/mol. The van der Waals surface area contributed by atoms with Gasteiger partial charge in [-0.2, -0.15) is 0 Å². The first-order chi connectivity index (χ1) is 8.86. The molecule has 1 aromatic carbocycles. The van der Waals surface area contributed by atoms with Gasteiger partial charge in [-0.3, -0.25) is 0 Å². The van der Waals surface area contributed by atoms with Crippen LogP contribution in [0.4, 0.5) is 0 Å². The van der Waals surface area contributed by atoms with Gasteiger partial charge in [-0.15, -0.1) is 0 Å². The minimum atomic E-state index is 0. The fourth-order valence-electron chi connectivity index (χ4n) is 1.74. The molecular weight excluding hydrogens is 299 g/mol. The molecule has 0 fully saturated rings. The summed E-state index contributed by atoms with van der Waals surface area (Å²) in [6.07, 6.45) is 1.15. The van der Waals surface area contributed by atoms with Crippen molar-refractivity contribution in [3.63, 3.8) is 0 Å². The van der Waals surface area contributed by atoms with Gasteiger partial charge in [-0.25, -0.2) is 0 Å². The zero-order valence-corrected chi connectivity index (χ0v) is 13.5. The highest BCUT2D eigenvalue weighted by atomic mass is 35.5. The fourth-order valence-corrected chi connectivity index (χ4v) is 1.74. The van der Waals surface area contributed by atoms with Gasteiger partial charge in [0.05, 0.1) is 19.7 Å². The Morgan fingerprint density at radius 1 is 1.15 bits per heavy atom. The predicted octanol–water partition coefficient (Wildman–Crippen LogP) is -6.14. The van der Waals surface area contributed by atoms with Crippen molar-refractivity contribution in [1.82, 2.24) is 5.32 Å². The third-order valence-corrected chi connectivity index (χ3v) is 2.68. The second-order valence-corrected chi connectivity index (χ2v) is 4.21. The molecule has 0 amide bonds. The van der Waals surface area contributed by atoms with E-state index in [4.69, 9.17) is 9.84 Å². The van der Waals surface area contributed by atoms with E-state index < -0.39 is 0 Å². The van der Waals surface area contributed by atoms with Crippen molar-refractivity contribution in [3.8, 4) is 5.75 Å². The number of quaternary nitrogens is 1. The Morgan fingerprint density at radius 2 is 1.85 bits per heavy atom. The summed E-state index contributed by atoms with van der Waals surface area (Å²) in [5.74, 6) is 0.945. The zero-order valence-electron chi connectivity index (χ0n) is 12.0. The van der Waals surface area contributed by atoms with Crippen LogP contribution in [-0.4, -0.2) is 38.0 Å².